The molecule has 2 aromatic carbocycles. The zero-order chi connectivity index (χ0) is 18.4. The molecule has 0 aliphatic heterocycles. The van der Waals surface area contributed by atoms with Crippen molar-refractivity contribution in [1.82, 2.24) is 0 Å². The summed E-state index contributed by atoms with van der Waals surface area (Å²) in [6, 6.07) is 7.23. The van der Waals surface area contributed by atoms with E-state index in [9.17, 15) is 8.78 Å². The lowest BCUT2D eigenvalue weighted by molar-refractivity contribution is 0.360. The summed E-state index contributed by atoms with van der Waals surface area (Å²) in [5, 5.41) is 1.19. The Morgan fingerprint density at radius 2 is 1.81 bits per heavy atom. The number of benzene rings is 2. The van der Waals surface area contributed by atoms with Crippen LogP contribution in [0.2, 0.25) is 10.0 Å². The normalized spacial score (nSPS) is 13.8. The Morgan fingerprint density at radius 1 is 1.08 bits per heavy atom. The third kappa shape index (κ3) is 2.90. The van der Waals surface area contributed by atoms with E-state index in [4.69, 9.17) is 27.9 Å². The largest absolute Gasteiger partial charge is 0.495 e. The Balaban J connectivity index is 2.07. The highest BCUT2D eigenvalue weighted by Gasteiger charge is 2.25. The molecule has 0 bridgehead atoms. The fourth-order valence-corrected chi connectivity index (χ4v) is 4.82. The lowest BCUT2D eigenvalue weighted by Gasteiger charge is -2.21. The van der Waals surface area contributed by atoms with Crippen molar-refractivity contribution in [3.8, 4) is 11.1 Å². The van der Waals surface area contributed by atoms with Gasteiger partial charge in [-0.2, -0.15) is 0 Å². The number of thiophene rings is 1. The molecule has 0 unspecified atom stereocenters. The molecule has 0 saturated heterocycles. The van der Waals surface area contributed by atoms with Crippen molar-refractivity contribution < 1.29 is 13.5 Å². The summed E-state index contributed by atoms with van der Waals surface area (Å²) < 4.78 is 34.9. The van der Waals surface area contributed by atoms with Gasteiger partial charge in [0.1, 0.15) is 17.4 Å². The van der Waals surface area contributed by atoms with Gasteiger partial charge in [-0.15, -0.1) is 11.3 Å². The summed E-state index contributed by atoms with van der Waals surface area (Å²) in [6.07, 6.45) is 3.02. The first-order valence-corrected chi connectivity index (χ1v) is 9.70. The Morgan fingerprint density at radius 3 is 2.46 bits per heavy atom. The summed E-state index contributed by atoms with van der Waals surface area (Å²) in [7, 11) is 1.61. The van der Waals surface area contributed by atoms with E-state index in [1.165, 1.54) is 41.2 Å². The van der Waals surface area contributed by atoms with E-state index < -0.39 is 5.82 Å². The first-order chi connectivity index (χ1) is 12.5. The molecule has 1 nitrogen and oxygen atoms in total. The number of hydrogen-bond donors (Lipinski definition) is 0. The van der Waals surface area contributed by atoms with Crippen molar-refractivity contribution in [1.29, 1.82) is 0 Å². The lowest BCUT2D eigenvalue weighted by atomic mass is 9.89. The maximum Gasteiger partial charge on any atom is 0.135 e. The highest BCUT2D eigenvalue weighted by atomic mass is 35.5. The molecule has 0 spiro atoms. The minimum absolute atomic E-state index is 0.157. The first-order valence-electron chi connectivity index (χ1n) is 8.13. The maximum atomic E-state index is 14.8. The number of methoxy groups -OCH3 is 1. The molecule has 0 atom stereocenters. The highest BCUT2D eigenvalue weighted by molar-refractivity contribution is 7.20. The molecule has 26 heavy (non-hydrogen) atoms. The smallest absolute Gasteiger partial charge is 0.135 e. The van der Waals surface area contributed by atoms with Crippen LogP contribution in [0.15, 0.2) is 35.9 Å². The molecule has 6 heteroatoms. The van der Waals surface area contributed by atoms with Crippen LogP contribution >= 0.6 is 34.5 Å². The van der Waals surface area contributed by atoms with E-state index >= 15 is 0 Å². The predicted molar refractivity (Wildman–Crippen MR) is 105 cm³/mol. The van der Waals surface area contributed by atoms with Gasteiger partial charge in [0.2, 0.25) is 0 Å². The molecule has 1 heterocycles. The van der Waals surface area contributed by atoms with E-state index in [2.05, 4.69) is 0 Å². The SMILES string of the molecule is COC(=C1CCC1)c1sc2cc(F)ccc2c1-c1cc(Cl)c(Cl)cc1F. The second-order valence-electron chi connectivity index (χ2n) is 6.18. The second-order valence-corrected chi connectivity index (χ2v) is 8.05. The maximum absolute atomic E-state index is 14.8. The van der Waals surface area contributed by atoms with Gasteiger partial charge in [0.15, 0.2) is 0 Å². The summed E-state index contributed by atoms with van der Waals surface area (Å²) in [5.41, 5.74) is 2.19. The van der Waals surface area contributed by atoms with Gasteiger partial charge >= 0.3 is 0 Å². The molecule has 3 aromatic rings. The van der Waals surface area contributed by atoms with Crippen molar-refractivity contribution in [3.05, 3.63) is 62.5 Å². The van der Waals surface area contributed by atoms with Crippen molar-refractivity contribution in [2.45, 2.75) is 19.3 Å². The van der Waals surface area contributed by atoms with Crippen LogP contribution in [0.1, 0.15) is 24.1 Å². The Labute approximate surface area is 163 Å². The zero-order valence-electron chi connectivity index (χ0n) is 13.8. The topological polar surface area (TPSA) is 9.23 Å². The van der Waals surface area contributed by atoms with Gasteiger partial charge in [0, 0.05) is 21.2 Å². The van der Waals surface area contributed by atoms with Gasteiger partial charge in [-0.1, -0.05) is 23.2 Å². The summed E-state index contributed by atoms with van der Waals surface area (Å²) >= 11 is 13.5. The van der Waals surface area contributed by atoms with Crippen LogP contribution in [-0.2, 0) is 4.74 Å². The number of allylic oxidation sites excluding steroid dienone is 1. The van der Waals surface area contributed by atoms with E-state index in [0.29, 0.717) is 11.1 Å². The minimum Gasteiger partial charge on any atom is -0.495 e. The first kappa shape index (κ1) is 17.8. The average Bonchev–Trinajstić information content (AvgIpc) is 2.92. The Bertz CT molecular complexity index is 1050. The molecule has 4 rings (SSSR count). The Hall–Kier alpha value is -1.62. The predicted octanol–water partition coefficient (Wildman–Crippen LogP) is 7.69. The molecule has 1 saturated carbocycles. The van der Waals surface area contributed by atoms with Crippen LogP contribution in [0.4, 0.5) is 8.78 Å². The molecule has 0 radical (unpaired) electrons. The third-order valence-corrected chi connectivity index (χ3v) is 6.49. The fraction of sp³-hybridized carbons (Fsp3) is 0.200. The van der Waals surface area contributed by atoms with Gasteiger partial charge in [0.05, 0.1) is 22.0 Å². The summed E-state index contributed by atoms with van der Waals surface area (Å²) in [4.78, 5) is 0.792. The van der Waals surface area contributed by atoms with Crippen LogP contribution in [0.25, 0.3) is 27.0 Å². The van der Waals surface area contributed by atoms with E-state index in [-0.39, 0.29) is 15.9 Å². The van der Waals surface area contributed by atoms with E-state index in [1.54, 1.807) is 13.2 Å². The lowest BCUT2D eigenvalue weighted by Crippen LogP contribution is -2.03. The minimum atomic E-state index is -0.473. The number of halogens is 4. The number of hydrogen-bond acceptors (Lipinski definition) is 2. The van der Waals surface area contributed by atoms with Gasteiger partial charge in [-0.05, 0) is 55.2 Å². The fourth-order valence-electron chi connectivity index (χ4n) is 3.19. The molecular formula is C20H14Cl2F2OS. The molecule has 1 aliphatic carbocycles. The number of rotatable bonds is 3. The van der Waals surface area contributed by atoms with Gasteiger partial charge in [-0.3, -0.25) is 0 Å². The van der Waals surface area contributed by atoms with Crippen LogP contribution in [0.5, 0.6) is 0 Å². The van der Waals surface area contributed by atoms with Crippen molar-refractivity contribution in [2.24, 2.45) is 0 Å². The molecular weight excluding hydrogens is 397 g/mol. The standard InChI is InChI=1S/C20H14Cl2F2OS/c1-25-19(10-3-2-4-10)20-18(12-6-5-11(23)7-17(12)26-20)13-8-14(21)15(22)9-16(13)24/h5-9H,2-4H2,1H3. The second kappa shape index (κ2) is 6.84. The Kier molecular flexibility index (Phi) is 4.68. The van der Waals surface area contributed by atoms with E-state index in [1.807, 2.05) is 0 Å². The zero-order valence-corrected chi connectivity index (χ0v) is 16.2. The van der Waals surface area contributed by atoms with Crippen LogP contribution in [0, 0.1) is 11.6 Å². The van der Waals surface area contributed by atoms with Crippen LogP contribution in [0.3, 0.4) is 0 Å². The highest BCUT2D eigenvalue weighted by Crippen LogP contribution is 2.47. The van der Waals surface area contributed by atoms with E-state index in [0.717, 1.165) is 40.0 Å². The molecule has 1 fully saturated rings. The molecule has 134 valence electrons. The molecule has 0 N–H and O–H groups in total. The van der Waals surface area contributed by atoms with Crippen molar-refractivity contribution in [2.75, 3.05) is 7.11 Å². The van der Waals surface area contributed by atoms with Gasteiger partial charge in [0.25, 0.3) is 0 Å². The molecule has 0 amide bonds. The number of ether oxygens (including phenoxy) is 1. The molecule has 1 aliphatic rings. The van der Waals surface area contributed by atoms with Crippen LogP contribution in [-0.4, -0.2) is 7.11 Å². The van der Waals surface area contributed by atoms with Crippen LogP contribution < -0.4 is 0 Å². The average molecular weight is 411 g/mol. The monoisotopic (exact) mass is 410 g/mol. The third-order valence-electron chi connectivity index (χ3n) is 4.62. The number of fused-ring (bicyclic) bond motifs is 1. The quantitative estimate of drug-likeness (QED) is 0.317. The van der Waals surface area contributed by atoms with Gasteiger partial charge < -0.3 is 4.74 Å². The molecule has 1 aromatic heterocycles. The van der Waals surface area contributed by atoms with Crippen molar-refractivity contribution in [3.63, 3.8) is 0 Å². The summed E-state index contributed by atoms with van der Waals surface area (Å²) in [6.45, 7) is 0. The summed E-state index contributed by atoms with van der Waals surface area (Å²) in [5.74, 6) is -0.0567. The van der Waals surface area contributed by atoms with Crippen molar-refractivity contribution >= 4 is 50.4 Å². The van der Waals surface area contributed by atoms with Gasteiger partial charge in [-0.25, -0.2) is 8.78 Å².